The van der Waals surface area contributed by atoms with E-state index in [4.69, 9.17) is 20.8 Å². The quantitative estimate of drug-likeness (QED) is 0.272. The molecule has 5 nitrogen and oxygen atoms in total. The molecule has 0 aliphatic rings. The predicted octanol–water partition coefficient (Wildman–Crippen LogP) is 3.48. The summed E-state index contributed by atoms with van der Waals surface area (Å²) in [6.07, 6.45) is 2.48. The summed E-state index contributed by atoms with van der Waals surface area (Å²) < 4.78 is 10.4. The fourth-order valence-electron chi connectivity index (χ4n) is 2.01. The maximum absolute atomic E-state index is 6.00. The zero-order valence-corrected chi connectivity index (χ0v) is 16.7. The number of ether oxygens (including phenoxy) is 1. The van der Waals surface area contributed by atoms with Crippen LogP contribution in [-0.4, -0.2) is 32.8 Å². The van der Waals surface area contributed by atoms with Gasteiger partial charge in [0.2, 0.25) is 0 Å². The number of benzene rings is 1. The van der Waals surface area contributed by atoms with Gasteiger partial charge in [-0.25, -0.2) is 4.99 Å². The maximum atomic E-state index is 6.00. The number of methoxy groups -OCH3 is 1. The minimum atomic E-state index is 0. The number of furan rings is 1. The van der Waals surface area contributed by atoms with Gasteiger partial charge in [-0.05, 0) is 29.8 Å². The van der Waals surface area contributed by atoms with E-state index in [2.05, 4.69) is 15.6 Å². The average Bonchev–Trinajstić information content (AvgIpc) is 3.06. The van der Waals surface area contributed by atoms with Crippen LogP contribution in [0.3, 0.4) is 0 Å². The molecule has 1 aromatic carbocycles. The molecule has 24 heavy (non-hydrogen) atoms. The van der Waals surface area contributed by atoms with Crippen molar-refractivity contribution in [1.82, 2.24) is 10.6 Å². The highest BCUT2D eigenvalue weighted by Crippen LogP contribution is 2.11. The Morgan fingerprint density at radius 2 is 2.04 bits per heavy atom. The molecule has 0 fully saturated rings. The number of hydrogen-bond acceptors (Lipinski definition) is 3. The number of hydrogen-bond donors (Lipinski definition) is 2. The Morgan fingerprint density at radius 3 is 2.75 bits per heavy atom. The normalized spacial score (nSPS) is 11.0. The topological polar surface area (TPSA) is 58.8 Å². The predicted molar refractivity (Wildman–Crippen MR) is 108 cm³/mol. The highest BCUT2D eigenvalue weighted by Gasteiger charge is 2.01. The molecule has 0 atom stereocenters. The van der Waals surface area contributed by atoms with Crippen molar-refractivity contribution in [3.63, 3.8) is 0 Å². The van der Waals surface area contributed by atoms with Crippen LogP contribution in [-0.2, 0) is 17.7 Å². The number of rotatable bonds is 8. The molecule has 0 unspecified atom stereocenters. The zero-order valence-electron chi connectivity index (χ0n) is 13.6. The molecule has 2 aromatic rings. The fraction of sp³-hybridized carbons (Fsp3) is 0.353. The fourth-order valence-corrected chi connectivity index (χ4v) is 2.22. The van der Waals surface area contributed by atoms with Crippen molar-refractivity contribution >= 4 is 41.5 Å². The molecule has 2 N–H and O–H groups in total. The van der Waals surface area contributed by atoms with Gasteiger partial charge < -0.3 is 19.8 Å². The number of nitrogens with zero attached hydrogens (tertiary/aromatic N) is 1. The molecular formula is C17H23ClIN3O2. The second kappa shape index (κ2) is 12.2. The highest BCUT2D eigenvalue weighted by molar-refractivity contribution is 14.0. The Balaban J connectivity index is 0.00000288. The van der Waals surface area contributed by atoms with E-state index in [-0.39, 0.29) is 24.0 Å². The molecular weight excluding hydrogens is 441 g/mol. The molecule has 0 aliphatic carbocycles. The smallest absolute Gasteiger partial charge is 0.191 e. The molecule has 132 valence electrons. The van der Waals surface area contributed by atoms with Crippen LogP contribution < -0.4 is 10.6 Å². The van der Waals surface area contributed by atoms with Crippen LogP contribution in [0.25, 0.3) is 0 Å². The van der Waals surface area contributed by atoms with Crippen LogP contribution in [0, 0.1) is 0 Å². The summed E-state index contributed by atoms with van der Waals surface area (Å²) in [5.74, 6) is 1.69. The van der Waals surface area contributed by atoms with E-state index in [9.17, 15) is 0 Å². The van der Waals surface area contributed by atoms with Gasteiger partial charge in [0.1, 0.15) is 5.76 Å². The molecule has 0 saturated carbocycles. The van der Waals surface area contributed by atoms with Crippen LogP contribution in [0.5, 0.6) is 0 Å². The summed E-state index contributed by atoms with van der Waals surface area (Å²) in [4.78, 5) is 4.58. The van der Waals surface area contributed by atoms with Crippen molar-refractivity contribution < 1.29 is 9.15 Å². The average molecular weight is 464 g/mol. The standard InChI is InChI=1S/C17H22ClN3O2.HI/c1-22-11-9-20-17(19-8-7-16-6-3-10-23-16)21-13-14-4-2-5-15(18)12-14;/h2-6,10,12H,7-9,11,13H2,1H3,(H2,19,20,21);1H. The number of halogens is 2. The summed E-state index contributed by atoms with van der Waals surface area (Å²) >= 11 is 6.00. The molecule has 0 radical (unpaired) electrons. The number of guanidine groups is 1. The van der Waals surface area contributed by atoms with Gasteiger partial charge >= 0.3 is 0 Å². The zero-order chi connectivity index (χ0) is 16.3. The lowest BCUT2D eigenvalue weighted by molar-refractivity contribution is 0.203. The SMILES string of the molecule is COCCNC(=NCc1cccc(Cl)c1)NCCc1ccco1.I. The van der Waals surface area contributed by atoms with Crippen molar-refractivity contribution in [2.24, 2.45) is 4.99 Å². The molecule has 7 heteroatoms. The van der Waals surface area contributed by atoms with E-state index < -0.39 is 0 Å². The van der Waals surface area contributed by atoms with Crippen LogP contribution in [0.4, 0.5) is 0 Å². The first-order valence-corrected chi connectivity index (χ1v) is 7.93. The van der Waals surface area contributed by atoms with E-state index in [1.807, 2.05) is 36.4 Å². The molecule has 1 heterocycles. The van der Waals surface area contributed by atoms with Gasteiger partial charge in [0, 0.05) is 31.6 Å². The van der Waals surface area contributed by atoms with E-state index in [1.165, 1.54) is 0 Å². The van der Waals surface area contributed by atoms with E-state index in [0.29, 0.717) is 19.7 Å². The summed E-state index contributed by atoms with van der Waals surface area (Å²) in [6.45, 7) is 2.61. The highest BCUT2D eigenvalue weighted by atomic mass is 127. The van der Waals surface area contributed by atoms with Gasteiger partial charge in [-0.3, -0.25) is 0 Å². The summed E-state index contributed by atoms with van der Waals surface area (Å²) in [5, 5.41) is 7.25. The van der Waals surface area contributed by atoms with Gasteiger partial charge in [0.15, 0.2) is 5.96 Å². The van der Waals surface area contributed by atoms with E-state index in [0.717, 1.165) is 35.3 Å². The molecule has 0 aliphatic heterocycles. The first kappa shape index (κ1) is 20.8. The second-order valence-electron chi connectivity index (χ2n) is 4.97. The Kier molecular flexibility index (Phi) is 10.5. The van der Waals surface area contributed by atoms with E-state index >= 15 is 0 Å². The maximum Gasteiger partial charge on any atom is 0.191 e. The lowest BCUT2D eigenvalue weighted by Gasteiger charge is -2.12. The largest absolute Gasteiger partial charge is 0.469 e. The molecule has 0 bridgehead atoms. The first-order chi connectivity index (χ1) is 11.3. The summed E-state index contributed by atoms with van der Waals surface area (Å²) in [5.41, 5.74) is 1.07. The van der Waals surface area contributed by atoms with Gasteiger partial charge in [-0.2, -0.15) is 0 Å². The monoisotopic (exact) mass is 463 g/mol. The Bertz CT molecular complexity index is 606. The lowest BCUT2D eigenvalue weighted by Crippen LogP contribution is -2.40. The second-order valence-corrected chi connectivity index (χ2v) is 5.41. The van der Waals surface area contributed by atoms with Crippen LogP contribution in [0.15, 0.2) is 52.1 Å². The van der Waals surface area contributed by atoms with Crippen LogP contribution in [0.2, 0.25) is 5.02 Å². The van der Waals surface area contributed by atoms with Crippen LogP contribution >= 0.6 is 35.6 Å². The summed E-state index contributed by atoms with van der Waals surface area (Å²) in [6, 6.07) is 11.6. The third-order valence-corrected chi connectivity index (χ3v) is 3.39. The Morgan fingerprint density at radius 1 is 1.21 bits per heavy atom. The number of nitrogens with one attached hydrogen (secondary N) is 2. The Hall–Kier alpha value is -1.25. The van der Waals surface area contributed by atoms with Crippen molar-refractivity contribution in [2.75, 3.05) is 26.8 Å². The molecule has 0 amide bonds. The third kappa shape index (κ3) is 8.03. The minimum Gasteiger partial charge on any atom is -0.469 e. The molecule has 0 saturated heterocycles. The van der Waals surface area contributed by atoms with Crippen molar-refractivity contribution in [3.8, 4) is 0 Å². The first-order valence-electron chi connectivity index (χ1n) is 7.56. The molecule has 1 aromatic heterocycles. The van der Waals surface area contributed by atoms with Crippen LogP contribution in [0.1, 0.15) is 11.3 Å². The van der Waals surface area contributed by atoms with Gasteiger partial charge in [0.05, 0.1) is 19.4 Å². The lowest BCUT2D eigenvalue weighted by atomic mass is 10.2. The van der Waals surface area contributed by atoms with E-state index in [1.54, 1.807) is 13.4 Å². The molecule has 0 spiro atoms. The van der Waals surface area contributed by atoms with Gasteiger partial charge in [0.25, 0.3) is 0 Å². The minimum absolute atomic E-state index is 0. The van der Waals surface area contributed by atoms with Crippen molar-refractivity contribution in [1.29, 1.82) is 0 Å². The third-order valence-electron chi connectivity index (χ3n) is 3.15. The Labute approximate surface area is 164 Å². The summed E-state index contributed by atoms with van der Waals surface area (Å²) in [7, 11) is 1.68. The van der Waals surface area contributed by atoms with Gasteiger partial charge in [-0.15, -0.1) is 24.0 Å². The van der Waals surface area contributed by atoms with Gasteiger partial charge in [-0.1, -0.05) is 23.7 Å². The molecule has 2 rings (SSSR count). The number of aliphatic imine (C=N–C) groups is 1. The van der Waals surface area contributed by atoms with Crippen molar-refractivity contribution in [2.45, 2.75) is 13.0 Å². The van der Waals surface area contributed by atoms with Crippen molar-refractivity contribution in [3.05, 3.63) is 59.0 Å².